The van der Waals surface area contributed by atoms with Crippen molar-refractivity contribution in [1.29, 1.82) is 0 Å². The second kappa shape index (κ2) is 6.66. The van der Waals surface area contributed by atoms with Crippen molar-refractivity contribution in [1.82, 2.24) is 4.31 Å². The maximum atomic E-state index is 13.3. The van der Waals surface area contributed by atoms with Gasteiger partial charge in [-0.3, -0.25) is 0 Å². The molecule has 1 aromatic rings. The third-order valence-corrected chi connectivity index (χ3v) is 5.73. The summed E-state index contributed by atoms with van der Waals surface area (Å²) in [6.45, 7) is 0.213. The van der Waals surface area contributed by atoms with Crippen LogP contribution in [0.5, 0.6) is 0 Å². The number of sulfonamides is 1. The van der Waals surface area contributed by atoms with Crippen LogP contribution in [0, 0.1) is 5.82 Å². The largest absolute Gasteiger partial charge is 0.246 e. The van der Waals surface area contributed by atoms with Gasteiger partial charge in [0.25, 0.3) is 0 Å². The van der Waals surface area contributed by atoms with Crippen LogP contribution in [-0.2, 0) is 14.8 Å². The summed E-state index contributed by atoms with van der Waals surface area (Å²) < 4.78 is 39.8. The van der Waals surface area contributed by atoms with Crippen molar-refractivity contribution in [2.24, 2.45) is 4.99 Å². The minimum atomic E-state index is -4.02. The highest BCUT2D eigenvalue weighted by molar-refractivity contribution is 7.89. The average molecular weight is 333 g/mol. The van der Waals surface area contributed by atoms with Gasteiger partial charge in [0, 0.05) is 6.54 Å². The van der Waals surface area contributed by atoms with E-state index in [0.717, 1.165) is 29.3 Å². The molecule has 1 aromatic carbocycles. The summed E-state index contributed by atoms with van der Waals surface area (Å²) in [6, 6.07) is 3.16. The number of isocyanates is 1. The van der Waals surface area contributed by atoms with Crippen LogP contribution in [0.1, 0.15) is 25.7 Å². The summed E-state index contributed by atoms with van der Waals surface area (Å²) >= 11 is 5.89. The molecule has 0 radical (unpaired) electrons. The topological polar surface area (TPSA) is 66.8 Å². The van der Waals surface area contributed by atoms with Crippen molar-refractivity contribution in [3.05, 3.63) is 29.0 Å². The maximum Gasteiger partial charge on any atom is 0.246 e. The van der Waals surface area contributed by atoms with E-state index in [1.807, 2.05) is 0 Å². The van der Waals surface area contributed by atoms with E-state index >= 15 is 0 Å². The summed E-state index contributed by atoms with van der Waals surface area (Å²) in [7, 11) is -4.02. The lowest BCUT2D eigenvalue weighted by atomic mass is 10.2. The van der Waals surface area contributed by atoms with Crippen molar-refractivity contribution in [3.63, 3.8) is 0 Å². The molecule has 0 bridgehead atoms. The Hall–Kier alpha value is -1.27. The fourth-order valence-corrected chi connectivity index (χ4v) is 4.42. The quantitative estimate of drug-likeness (QED) is 0.631. The Balaban J connectivity index is 2.48. The molecule has 1 unspecified atom stereocenters. The molecule has 0 N–H and O–H groups in total. The Kier molecular flexibility index (Phi) is 5.11. The van der Waals surface area contributed by atoms with E-state index in [9.17, 15) is 17.6 Å². The zero-order chi connectivity index (χ0) is 15.5. The van der Waals surface area contributed by atoms with Gasteiger partial charge >= 0.3 is 0 Å². The number of rotatable bonds is 3. The van der Waals surface area contributed by atoms with Crippen LogP contribution in [0.2, 0.25) is 5.02 Å². The Morgan fingerprint density at radius 2 is 2.10 bits per heavy atom. The molecule has 2 rings (SSSR count). The van der Waals surface area contributed by atoms with E-state index in [1.165, 1.54) is 12.1 Å². The van der Waals surface area contributed by atoms with Gasteiger partial charge in [0.15, 0.2) is 0 Å². The first-order valence-corrected chi connectivity index (χ1v) is 8.32. The first-order chi connectivity index (χ1) is 9.96. The van der Waals surface area contributed by atoms with Gasteiger partial charge in [-0.2, -0.15) is 9.30 Å². The SMILES string of the molecule is O=C=NC1CCCCCN1S(=O)(=O)c1cc(F)ccc1Cl. The van der Waals surface area contributed by atoms with Gasteiger partial charge in [0.1, 0.15) is 16.9 Å². The van der Waals surface area contributed by atoms with Crippen LogP contribution in [-0.4, -0.2) is 31.5 Å². The summed E-state index contributed by atoms with van der Waals surface area (Å²) in [5.74, 6) is -0.691. The molecule has 1 aliphatic rings. The molecule has 1 aliphatic heterocycles. The predicted octanol–water partition coefficient (Wildman–Crippen LogP) is 2.71. The number of hydrogen-bond donors (Lipinski definition) is 0. The van der Waals surface area contributed by atoms with Crippen LogP contribution in [0.3, 0.4) is 0 Å². The summed E-state index contributed by atoms with van der Waals surface area (Å²) in [6.07, 6.45) is 3.28. The van der Waals surface area contributed by atoms with E-state index in [-0.39, 0.29) is 16.5 Å². The van der Waals surface area contributed by atoms with Crippen LogP contribution in [0.4, 0.5) is 4.39 Å². The molecule has 1 atom stereocenters. The fourth-order valence-electron chi connectivity index (χ4n) is 2.34. The number of halogens is 2. The smallest absolute Gasteiger partial charge is 0.211 e. The highest BCUT2D eigenvalue weighted by atomic mass is 35.5. The highest BCUT2D eigenvalue weighted by Crippen LogP contribution is 2.29. The molecule has 1 heterocycles. The fraction of sp³-hybridized carbons (Fsp3) is 0.462. The van der Waals surface area contributed by atoms with Gasteiger partial charge < -0.3 is 0 Å². The second-order valence-electron chi connectivity index (χ2n) is 4.74. The maximum absolute atomic E-state index is 13.3. The van der Waals surface area contributed by atoms with Crippen molar-refractivity contribution in [3.8, 4) is 0 Å². The molecule has 0 saturated carbocycles. The third-order valence-electron chi connectivity index (χ3n) is 3.35. The second-order valence-corrected chi connectivity index (χ2v) is 7.01. The Bertz CT molecular complexity index is 674. The third kappa shape index (κ3) is 3.49. The minimum absolute atomic E-state index is 0.0607. The number of hydrogen-bond acceptors (Lipinski definition) is 4. The Labute approximate surface area is 127 Å². The predicted molar refractivity (Wildman–Crippen MR) is 75.7 cm³/mol. The molecule has 0 aromatic heterocycles. The molecule has 0 amide bonds. The first kappa shape index (κ1) is 16.1. The van der Waals surface area contributed by atoms with Crippen LogP contribution < -0.4 is 0 Å². The van der Waals surface area contributed by atoms with Crippen LogP contribution in [0.25, 0.3) is 0 Å². The van der Waals surface area contributed by atoms with Crippen molar-refractivity contribution in [2.45, 2.75) is 36.7 Å². The molecule has 0 spiro atoms. The number of nitrogens with zero attached hydrogens (tertiary/aromatic N) is 2. The Morgan fingerprint density at radius 1 is 1.33 bits per heavy atom. The normalized spacial score (nSPS) is 20.6. The first-order valence-electron chi connectivity index (χ1n) is 6.50. The minimum Gasteiger partial charge on any atom is -0.211 e. The zero-order valence-electron chi connectivity index (χ0n) is 11.1. The number of carbonyl (C=O) groups excluding carboxylic acids is 1. The summed E-state index contributed by atoms with van der Waals surface area (Å²) in [4.78, 5) is 13.8. The summed E-state index contributed by atoms with van der Waals surface area (Å²) in [5.41, 5.74) is 0. The average Bonchev–Trinajstić information content (AvgIpc) is 2.68. The van der Waals surface area contributed by atoms with Gasteiger partial charge in [0.2, 0.25) is 16.1 Å². The van der Waals surface area contributed by atoms with Gasteiger partial charge in [-0.25, -0.2) is 17.6 Å². The lowest BCUT2D eigenvalue weighted by molar-refractivity contribution is 0.330. The standard InChI is InChI=1S/C13H14ClFN2O3S/c14-11-6-5-10(15)8-12(11)21(19,20)17-7-3-1-2-4-13(17)16-9-18/h5-6,8,13H,1-4,7H2. The van der Waals surface area contributed by atoms with Crippen molar-refractivity contribution in [2.75, 3.05) is 6.54 Å². The van der Waals surface area contributed by atoms with Gasteiger partial charge in [-0.05, 0) is 37.5 Å². The van der Waals surface area contributed by atoms with E-state index in [1.54, 1.807) is 0 Å². The lowest BCUT2D eigenvalue weighted by Crippen LogP contribution is -2.39. The van der Waals surface area contributed by atoms with E-state index in [0.29, 0.717) is 12.8 Å². The van der Waals surface area contributed by atoms with Gasteiger partial charge in [-0.1, -0.05) is 18.0 Å². The van der Waals surface area contributed by atoms with Crippen molar-refractivity contribution >= 4 is 27.7 Å². The molecule has 8 heteroatoms. The van der Waals surface area contributed by atoms with E-state index in [4.69, 9.17) is 11.6 Å². The van der Waals surface area contributed by atoms with E-state index < -0.39 is 22.0 Å². The molecular formula is C13H14ClFN2O3S. The molecule has 114 valence electrons. The number of aliphatic imine (C=N–C) groups is 1. The van der Waals surface area contributed by atoms with Gasteiger partial charge in [-0.15, -0.1) is 0 Å². The number of benzene rings is 1. The molecule has 5 nitrogen and oxygen atoms in total. The van der Waals surface area contributed by atoms with Crippen LogP contribution in [0.15, 0.2) is 28.1 Å². The highest BCUT2D eigenvalue weighted by Gasteiger charge is 2.34. The zero-order valence-corrected chi connectivity index (χ0v) is 12.7. The van der Waals surface area contributed by atoms with E-state index in [2.05, 4.69) is 4.99 Å². The molecule has 0 aliphatic carbocycles. The lowest BCUT2D eigenvalue weighted by Gasteiger charge is -2.25. The monoisotopic (exact) mass is 332 g/mol. The Morgan fingerprint density at radius 3 is 2.81 bits per heavy atom. The molecule has 1 fully saturated rings. The van der Waals surface area contributed by atoms with Crippen LogP contribution >= 0.6 is 11.6 Å². The molecular weight excluding hydrogens is 319 g/mol. The van der Waals surface area contributed by atoms with Crippen molar-refractivity contribution < 1.29 is 17.6 Å². The molecule has 1 saturated heterocycles. The summed E-state index contributed by atoms with van der Waals surface area (Å²) in [5, 5.41) is -0.0607. The van der Waals surface area contributed by atoms with Gasteiger partial charge in [0.05, 0.1) is 5.02 Å². The molecule has 21 heavy (non-hydrogen) atoms.